The Morgan fingerprint density at radius 3 is 3.12 bits per heavy atom. The summed E-state index contributed by atoms with van der Waals surface area (Å²) in [7, 11) is 0. The second kappa shape index (κ2) is 2.92. The number of benzene rings is 1. The van der Waals surface area contributed by atoms with Crippen molar-refractivity contribution in [2.75, 3.05) is 0 Å². The molecule has 4 rings (SSSR count). The summed E-state index contributed by atoms with van der Waals surface area (Å²) in [4.78, 5) is 5.68. The van der Waals surface area contributed by atoms with Crippen molar-refractivity contribution in [2.45, 2.75) is 12.8 Å². The molecular weight excluding hydrogens is 218 g/mol. The summed E-state index contributed by atoms with van der Waals surface area (Å²) in [5.41, 5.74) is 6.92. The maximum atomic E-state index is 4.67. The van der Waals surface area contributed by atoms with Gasteiger partial charge in [-0.25, -0.2) is 9.50 Å². The lowest BCUT2D eigenvalue weighted by atomic mass is 9.92. The van der Waals surface area contributed by atoms with Gasteiger partial charge in [-0.2, -0.15) is 5.10 Å². The Morgan fingerprint density at radius 1 is 1.19 bits per heavy atom. The fourth-order valence-electron chi connectivity index (χ4n) is 2.40. The van der Waals surface area contributed by atoms with Crippen molar-refractivity contribution in [3.63, 3.8) is 0 Å². The van der Waals surface area contributed by atoms with Crippen molar-refractivity contribution in [3.8, 4) is 11.3 Å². The van der Waals surface area contributed by atoms with E-state index in [2.05, 4.69) is 34.3 Å². The third-order valence-corrected chi connectivity index (χ3v) is 3.82. The molecule has 1 aliphatic carbocycles. The second-order valence-electron chi connectivity index (χ2n) is 4.00. The van der Waals surface area contributed by atoms with Crippen LogP contribution in [0.3, 0.4) is 0 Å². The van der Waals surface area contributed by atoms with Crippen LogP contribution in [0.25, 0.3) is 16.2 Å². The Balaban J connectivity index is 2.10. The first-order valence-corrected chi connectivity index (χ1v) is 6.21. The zero-order valence-corrected chi connectivity index (χ0v) is 9.37. The summed E-state index contributed by atoms with van der Waals surface area (Å²) >= 11 is 1.60. The van der Waals surface area contributed by atoms with Crippen LogP contribution in [0.1, 0.15) is 11.3 Å². The Kier molecular flexibility index (Phi) is 1.54. The molecule has 0 atom stereocenters. The third kappa shape index (κ3) is 0.971. The normalized spacial score (nSPS) is 13.8. The number of nitrogens with zero attached hydrogens (tertiary/aromatic N) is 3. The van der Waals surface area contributed by atoms with Crippen LogP contribution >= 0.6 is 11.3 Å². The van der Waals surface area contributed by atoms with Gasteiger partial charge in [-0.1, -0.05) is 35.6 Å². The number of hydrogen-bond donors (Lipinski definition) is 0. The van der Waals surface area contributed by atoms with Gasteiger partial charge in [0, 0.05) is 5.56 Å². The van der Waals surface area contributed by atoms with Crippen LogP contribution in [0.2, 0.25) is 0 Å². The van der Waals surface area contributed by atoms with Gasteiger partial charge in [0.05, 0.1) is 11.4 Å². The predicted octanol–water partition coefficient (Wildman–Crippen LogP) is 2.56. The van der Waals surface area contributed by atoms with Gasteiger partial charge in [0.2, 0.25) is 4.96 Å². The lowest BCUT2D eigenvalue weighted by Gasteiger charge is -2.14. The molecule has 0 N–H and O–H groups in total. The molecule has 0 aliphatic heterocycles. The van der Waals surface area contributed by atoms with E-state index in [9.17, 15) is 0 Å². The fourth-order valence-corrected chi connectivity index (χ4v) is 3.04. The number of fused-ring (bicyclic) bond motifs is 5. The minimum absolute atomic E-state index is 1.00. The standard InChI is InChI=1S/C12H9N3S/c1-2-4-9-8(3-1)5-6-10-11(9)14-12-15(10)13-7-16-12/h1-4,7H,5-6H2. The van der Waals surface area contributed by atoms with E-state index in [4.69, 9.17) is 0 Å². The zero-order chi connectivity index (χ0) is 10.5. The first kappa shape index (κ1) is 8.47. The van der Waals surface area contributed by atoms with Gasteiger partial charge in [0.25, 0.3) is 0 Å². The molecule has 4 heteroatoms. The van der Waals surface area contributed by atoms with Crippen LogP contribution in [0, 0.1) is 0 Å². The third-order valence-electron chi connectivity index (χ3n) is 3.14. The summed E-state index contributed by atoms with van der Waals surface area (Å²) < 4.78 is 1.98. The lowest BCUT2D eigenvalue weighted by Crippen LogP contribution is -2.05. The van der Waals surface area contributed by atoms with Crippen LogP contribution in [0.4, 0.5) is 0 Å². The molecule has 16 heavy (non-hydrogen) atoms. The highest BCUT2D eigenvalue weighted by Crippen LogP contribution is 2.33. The summed E-state index contributed by atoms with van der Waals surface area (Å²) in [6.07, 6.45) is 2.13. The van der Waals surface area contributed by atoms with Gasteiger partial charge in [0.1, 0.15) is 5.51 Å². The van der Waals surface area contributed by atoms with Gasteiger partial charge in [-0.3, -0.25) is 0 Å². The highest BCUT2D eigenvalue weighted by molar-refractivity contribution is 7.14. The average Bonchev–Trinajstić information content (AvgIpc) is 2.88. The molecule has 1 aromatic carbocycles. The Labute approximate surface area is 96.4 Å². The first-order chi connectivity index (χ1) is 7.93. The highest BCUT2D eigenvalue weighted by atomic mass is 32.1. The van der Waals surface area contributed by atoms with Crippen molar-refractivity contribution >= 4 is 16.3 Å². The van der Waals surface area contributed by atoms with Crippen LogP contribution in [-0.4, -0.2) is 14.6 Å². The molecule has 1 aliphatic rings. The van der Waals surface area contributed by atoms with E-state index in [1.807, 2.05) is 10.0 Å². The quantitative estimate of drug-likeness (QED) is 0.591. The Hall–Kier alpha value is -1.68. The molecule has 0 bridgehead atoms. The van der Waals surface area contributed by atoms with Crippen molar-refractivity contribution in [2.24, 2.45) is 0 Å². The molecule has 3 nitrogen and oxygen atoms in total. The zero-order valence-electron chi connectivity index (χ0n) is 8.55. The lowest BCUT2D eigenvalue weighted by molar-refractivity contribution is 0.825. The summed E-state index contributed by atoms with van der Waals surface area (Å²) in [6, 6.07) is 8.53. The van der Waals surface area contributed by atoms with E-state index in [1.165, 1.54) is 16.8 Å². The number of imidazole rings is 1. The molecule has 0 fully saturated rings. The Morgan fingerprint density at radius 2 is 2.12 bits per heavy atom. The molecule has 78 valence electrons. The monoisotopic (exact) mass is 227 g/mol. The van der Waals surface area contributed by atoms with Crippen LogP contribution in [-0.2, 0) is 12.8 Å². The van der Waals surface area contributed by atoms with E-state index in [0.717, 1.165) is 23.5 Å². The van der Waals surface area contributed by atoms with Crippen LogP contribution in [0.5, 0.6) is 0 Å². The Bertz CT molecular complexity index is 680. The molecule has 0 amide bonds. The minimum atomic E-state index is 1.00. The molecule has 0 saturated heterocycles. The summed E-state index contributed by atoms with van der Waals surface area (Å²) in [5.74, 6) is 0. The van der Waals surface area contributed by atoms with Gasteiger partial charge in [0.15, 0.2) is 0 Å². The molecular formula is C12H9N3S. The number of aryl methyl sites for hydroxylation is 2. The van der Waals surface area contributed by atoms with Crippen molar-refractivity contribution < 1.29 is 0 Å². The van der Waals surface area contributed by atoms with Gasteiger partial charge < -0.3 is 0 Å². The highest BCUT2D eigenvalue weighted by Gasteiger charge is 2.21. The largest absolute Gasteiger partial charge is 0.217 e. The van der Waals surface area contributed by atoms with Crippen LogP contribution in [0.15, 0.2) is 29.8 Å². The van der Waals surface area contributed by atoms with E-state index < -0.39 is 0 Å². The first-order valence-electron chi connectivity index (χ1n) is 5.33. The van der Waals surface area contributed by atoms with Crippen molar-refractivity contribution in [1.82, 2.24) is 14.6 Å². The van der Waals surface area contributed by atoms with Crippen LogP contribution < -0.4 is 0 Å². The number of rotatable bonds is 0. The average molecular weight is 227 g/mol. The molecule has 0 radical (unpaired) electrons. The molecule has 2 heterocycles. The predicted molar refractivity (Wildman–Crippen MR) is 63.7 cm³/mol. The topological polar surface area (TPSA) is 30.2 Å². The van der Waals surface area contributed by atoms with E-state index in [-0.39, 0.29) is 0 Å². The molecule has 0 spiro atoms. The summed E-state index contributed by atoms with van der Waals surface area (Å²) in [6.45, 7) is 0. The molecule has 2 aromatic heterocycles. The molecule has 0 unspecified atom stereocenters. The number of aromatic nitrogens is 3. The maximum Gasteiger partial charge on any atom is 0.212 e. The number of hydrogen-bond acceptors (Lipinski definition) is 3. The smallest absolute Gasteiger partial charge is 0.212 e. The summed E-state index contributed by atoms with van der Waals surface area (Å²) in [5, 5.41) is 4.34. The van der Waals surface area contributed by atoms with E-state index in [1.54, 1.807) is 11.3 Å². The maximum absolute atomic E-state index is 4.67. The molecule has 0 saturated carbocycles. The van der Waals surface area contributed by atoms with E-state index in [0.29, 0.717) is 0 Å². The van der Waals surface area contributed by atoms with Crippen molar-refractivity contribution in [1.29, 1.82) is 0 Å². The van der Waals surface area contributed by atoms with Gasteiger partial charge in [-0.05, 0) is 18.4 Å². The fraction of sp³-hybridized carbons (Fsp3) is 0.167. The van der Waals surface area contributed by atoms with Crippen molar-refractivity contribution in [3.05, 3.63) is 41.0 Å². The van der Waals surface area contributed by atoms with Gasteiger partial charge in [-0.15, -0.1) is 0 Å². The SMILES string of the molecule is c1ccc2c(c1)CCc1c-2nc2scnn12. The minimum Gasteiger partial charge on any atom is -0.217 e. The van der Waals surface area contributed by atoms with E-state index >= 15 is 0 Å². The van der Waals surface area contributed by atoms with Gasteiger partial charge >= 0.3 is 0 Å². The second-order valence-corrected chi connectivity index (χ2v) is 4.81. The molecule has 3 aromatic rings.